The van der Waals surface area contributed by atoms with Crippen molar-refractivity contribution in [2.75, 3.05) is 7.11 Å². The highest BCUT2D eigenvalue weighted by Crippen LogP contribution is 2.29. The van der Waals surface area contributed by atoms with E-state index in [1.54, 1.807) is 7.11 Å². The summed E-state index contributed by atoms with van der Waals surface area (Å²) in [5.41, 5.74) is 0.959. The molecule has 1 aromatic heterocycles. The Morgan fingerprint density at radius 2 is 2.12 bits per heavy atom. The van der Waals surface area contributed by atoms with Crippen LogP contribution in [0.5, 0.6) is 5.75 Å². The summed E-state index contributed by atoms with van der Waals surface area (Å²) in [5.74, 6) is 2.75. The summed E-state index contributed by atoms with van der Waals surface area (Å²) in [4.78, 5) is 4.45. The van der Waals surface area contributed by atoms with Gasteiger partial charge in [0.1, 0.15) is 11.6 Å². The molecular formula is C12H14BrN3O. The van der Waals surface area contributed by atoms with Gasteiger partial charge in [0.05, 0.1) is 11.6 Å². The molecule has 2 aromatic rings. The zero-order chi connectivity index (χ0) is 12.4. The Morgan fingerprint density at radius 1 is 1.35 bits per heavy atom. The molecule has 0 radical (unpaired) electrons. The molecule has 0 amide bonds. The maximum absolute atomic E-state index is 5.18. The number of methoxy groups -OCH3 is 1. The molecule has 0 aliphatic carbocycles. The molecular weight excluding hydrogens is 282 g/mol. The predicted molar refractivity (Wildman–Crippen MR) is 70.2 cm³/mol. The zero-order valence-electron chi connectivity index (χ0n) is 9.99. The normalized spacial score (nSPS) is 10.9. The number of ether oxygens (including phenoxy) is 1. The number of rotatable bonds is 3. The van der Waals surface area contributed by atoms with Crippen LogP contribution in [0, 0.1) is 0 Å². The number of aromatic amines is 1. The van der Waals surface area contributed by atoms with Crippen molar-refractivity contribution in [3.8, 4) is 17.1 Å². The summed E-state index contributed by atoms with van der Waals surface area (Å²) in [7, 11) is 1.64. The number of hydrogen-bond donors (Lipinski definition) is 1. The van der Waals surface area contributed by atoms with E-state index in [4.69, 9.17) is 4.74 Å². The van der Waals surface area contributed by atoms with Crippen LogP contribution in [-0.4, -0.2) is 22.3 Å². The number of halogens is 1. The first-order valence-electron chi connectivity index (χ1n) is 5.38. The number of H-pyrrole nitrogens is 1. The van der Waals surface area contributed by atoms with Crippen molar-refractivity contribution >= 4 is 15.9 Å². The predicted octanol–water partition coefficient (Wildman–Crippen LogP) is 3.37. The fraction of sp³-hybridized carbons (Fsp3) is 0.333. The molecule has 1 aromatic carbocycles. The van der Waals surface area contributed by atoms with E-state index in [-0.39, 0.29) is 0 Å². The lowest BCUT2D eigenvalue weighted by Gasteiger charge is -2.03. The minimum absolute atomic E-state index is 0.345. The van der Waals surface area contributed by atoms with Gasteiger partial charge in [0.2, 0.25) is 0 Å². The standard InChI is InChI=1S/C12H14BrN3O/c1-7(2)11-14-12(16-15-11)8-4-5-10(17-3)9(13)6-8/h4-7H,1-3H3,(H,14,15,16). The number of hydrogen-bond acceptors (Lipinski definition) is 3. The lowest BCUT2D eigenvalue weighted by atomic mass is 10.2. The molecule has 0 saturated heterocycles. The molecule has 0 spiro atoms. The molecule has 0 aliphatic rings. The Balaban J connectivity index is 2.36. The molecule has 1 heterocycles. The quantitative estimate of drug-likeness (QED) is 0.944. The second-order valence-corrected chi connectivity index (χ2v) is 4.90. The van der Waals surface area contributed by atoms with E-state index in [0.717, 1.165) is 21.6 Å². The molecule has 0 aliphatic heterocycles. The van der Waals surface area contributed by atoms with Crippen molar-refractivity contribution < 1.29 is 4.74 Å². The van der Waals surface area contributed by atoms with E-state index in [2.05, 4.69) is 45.0 Å². The second kappa shape index (κ2) is 4.87. The Morgan fingerprint density at radius 3 is 2.65 bits per heavy atom. The minimum atomic E-state index is 0.345. The fourth-order valence-corrected chi connectivity index (χ4v) is 2.01. The number of aromatic nitrogens is 3. The highest BCUT2D eigenvalue weighted by Gasteiger charge is 2.10. The Bertz CT molecular complexity index is 522. The van der Waals surface area contributed by atoms with E-state index in [9.17, 15) is 0 Å². The van der Waals surface area contributed by atoms with Gasteiger partial charge < -0.3 is 4.74 Å². The third-order valence-electron chi connectivity index (χ3n) is 2.46. The van der Waals surface area contributed by atoms with Crippen LogP contribution in [0.3, 0.4) is 0 Å². The van der Waals surface area contributed by atoms with Gasteiger partial charge in [-0.25, -0.2) is 4.98 Å². The Hall–Kier alpha value is -1.36. The van der Waals surface area contributed by atoms with Gasteiger partial charge in [-0.05, 0) is 34.1 Å². The molecule has 17 heavy (non-hydrogen) atoms. The van der Waals surface area contributed by atoms with Crippen molar-refractivity contribution in [2.45, 2.75) is 19.8 Å². The van der Waals surface area contributed by atoms with E-state index < -0.39 is 0 Å². The molecule has 90 valence electrons. The minimum Gasteiger partial charge on any atom is -0.496 e. The highest BCUT2D eigenvalue weighted by atomic mass is 79.9. The first-order chi connectivity index (χ1) is 8.11. The van der Waals surface area contributed by atoms with Gasteiger partial charge in [-0.3, -0.25) is 5.10 Å². The molecule has 0 unspecified atom stereocenters. The molecule has 0 saturated carbocycles. The smallest absolute Gasteiger partial charge is 0.181 e. The summed E-state index contributed by atoms with van der Waals surface area (Å²) >= 11 is 3.45. The van der Waals surface area contributed by atoms with E-state index in [1.807, 2.05) is 18.2 Å². The van der Waals surface area contributed by atoms with Crippen molar-refractivity contribution in [3.05, 3.63) is 28.5 Å². The second-order valence-electron chi connectivity index (χ2n) is 4.05. The third-order valence-corrected chi connectivity index (χ3v) is 3.08. The Labute approximate surface area is 109 Å². The monoisotopic (exact) mass is 295 g/mol. The average Bonchev–Trinajstić information content (AvgIpc) is 2.78. The average molecular weight is 296 g/mol. The van der Waals surface area contributed by atoms with Crippen LogP contribution in [-0.2, 0) is 0 Å². The number of benzene rings is 1. The Kier molecular flexibility index (Phi) is 3.47. The number of nitrogens with zero attached hydrogens (tertiary/aromatic N) is 2. The molecule has 5 heteroatoms. The van der Waals surface area contributed by atoms with Crippen LogP contribution in [0.2, 0.25) is 0 Å². The molecule has 0 bridgehead atoms. The van der Waals surface area contributed by atoms with Crippen LogP contribution in [0.4, 0.5) is 0 Å². The van der Waals surface area contributed by atoms with Gasteiger partial charge in [-0.2, -0.15) is 5.10 Å². The molecule has 0 fully saturated rings. The summed E-state index contributed by atoms with van der Waals surface area (Å²) in [6.45, 7) is 4.16. The van der Waals surface area contributed by atoms with E-state index in [1.165, 1.54) is 0 Å². The summed E-state index contributed by atoms with van der Waals surface area (Å²) in [6.07, 6.45) is 0. The van der Waals surface area contributed by atoms with Gasteiger partial charge in [-0.1, -0.05) is 13.8 Å². The maximum atomic E-state index is 5.18. The summed E-state index contributed by atoms with van der Waals surface area (Å²) in [5, 5.41) is 7.15. The topological polar surface area (TPSA) is 50.8 Å². The SMILES string of the molecule is COc1ccc(-c2n[nH]c(C(C)C)n2)cc1Br. The van der Waals surface area contributed by atoms with Crippen molar-refractivity contribution in [1.29, 1.82) is 0 Å². The zero-order valence-corrected chi connectivity index (χ0v) is 11.6. The molecule has 4 nitrogen and oxygen atoms in total. The lowest BCUT2D eigenvalue weighted by molar-refractivity contribution is 0.412. The van der Waals surface area contributed by atoms with Gasteiger partial charge >= 0.3 is 0 Å². The third kappa shape index (κ3) is 2.49. The van der Waals surface area contributed by atoms with E-state index in [0.29, 0.717) is 11.7 Å². The molecule has 2 rings (SSSR count). The van der Waals surface area contributed by atoms with Crippen LogP contribution >= 0.6 is 15.9 Å². The first kappa shape index (κ1) is 12.1. The number of nitrogens with one attached hydrogen (secondary N) is 1. The van der Waals surface area contributed by atoms with Crippen molar-refractivity contribution in [3.63, 3.8) is 0 Å². The summed E-state index contributed by atoms with van der Waals surface area (Å²) in [6, 6.07) is 5.79. The van der Waals surface area contributed by atoms with Gasteiger partial charge in [0.25, 0.3) is 0 Å². The van der Waals surface area contributed by atoms with Crippen LogP contribution in [0.1, 0.15) is 25.6 Å². The van der Waals surface area contributed by atoms with Crippen LogP contribution in [0.15, 0.2) is 22.7 Å². The van der Waals surface area contributed by atoms with Gasteiger partial charge in [0, 0.05) is 11.5 Å². The maximum Gasteiger partial charge on any atom is 0.181 e. The molecule has 0 atom stereocenters. The first-order valence-corrected chi connectivity index (χ1v) is 6.17. The van der Waals surface area contributed by atoms with Crippen molar-refractivity contribution in [2.24, 2.45) is 0 Å². The van der Waals surface area contributed by atoms with E-state index >= 15 is 0 Å². The van der Waals surface area contributed by atoms with Gasteiger partial charge in [-0.15, -0.1) is 0 Å². The summed E-state index contributed by atoms with van der Waals surface area (Å²) < 4.78 is 6.08. The van der Waals surface area contributed by atoms with Crippen LogP contribution < -0.4 is 4.74 Å². The lowest BCUT2D eigenvalue weighted by Crippen LogP contribution is -1.89. The van der Waals surface area contributed by atoms with Crippen LogP contribution in [0.25, 0.3) is 11.4 Å². The molecule has 1 N–H and O–H groups in total. The fourth-order valence-electron chi connectivity index (χ4n) is 1.47. The van der Waals surface area contributed by atoms with Gasteiger partial charge in [0.15, 0.2) is 5.82 Å². The highest BCUT2D eigenvalue weighted by molar-refractivity contribution is 9.10. The van der Waals surface area contributed by atoms with Crippen molar-refractivity contribution in [1.82, 2.24) is 15.2 Å². The largest absolute Gasteiger partial charge is 0.496 e.